The Morgan fingerprint density at radius 3 is 2.39 bits per heavy atom. The third-order valence-corrected chi connectivity index (χ3v) is 3.80. The van der Waals surface area contributed by atoms with Gasteiger partial charge in [-0.05, 0) is 42.5 Å². The van der Waals surface area contributed by atoms with E-state index in [-0.39, 0.29) is 28.4 Å². The predicted octanol–water partition coefficient (Wildman–Crippen LogP) is 3.87. The number of anilines is 2. The maximum atomic E-state index is 14.1. The van der Waals surface area contributed by atoms with E-state index in [4.69, 9.17) is 4.74 Å². The molecule has 2 aromatic carbocycles. The van der Waals surface area contributed by atoms with Gasteiger partial charge in [0.15, 0.2) is 0 Å². The molecule has 28 heavy (non-hydrogen) atoms. The molecule has 0 aliphatic rings. The lowest BCUT2D eigenvalue weighted by molar-refractivity contribution is 0.101. The molecule has 2 amide bonds. The Labute approximate surface area is 159 Å². The Balaban J connectivity index is 1.85. The molecule has 142 valence electrons. The average Bonchev–Trinajstić information content (AvgIpc) is 2.70. The zero-order valence-electron chi connectivity index (χ0n) is 14.7. The maximum absolute atomic E-state index is 14.1. The van der Waals surface area contributed by atoms with Crippen LogP contribution >= 0.6 is 0 Å². The number of benzene rings is 2. The van der Waals surface area contributed by atoms with Gasteiger partial charge in [0.25, 0.3) is 11.8 Å². The van der Waals surface area contributed by atoms with Crippen LogP contribution in [0.4, 0.5) is 20.2 Å². The van der Waals surface area contributed by atoms with E-state index in [1.165, 1.54) is 37.6 Å². The Bertz CT molecular complexity index is 1030. The topological polar surface area (TPSA) is 80.3 Å². The van der Waals surface area contributed by atoms with Crippen molar-refractivity contribution < 1.29 is 23.1 Å². The molecule has 0 spiro atoms. The highest BCUT2D eigenvalue weighted by Gasteiger charge is 2.16. The van der Waals surface area contributed by atoms with Crippen LogP contribution in [0.3, 0.4) is 0 Å². The van der Waals surface area contributed by atoms with Gasteiger partial charge in [0, 0.05) is 12.3 Å². The second kappa shape index (κ2) is 8.26. The van der Waals surface area contributed by atoms with Crippen LogP contribution in [0.25, 0.3) is 0 Å². The number of hydrogen-bond donors (Lipinski definition) is 2. The zero-order valence-corrected chi connectivity index (χ0v) is 14.7. The number of aromatic nitrogens is 1. The van der Waals surface area contributed by atoms with E-state index >= 15 is 0 Å². The minimum absolute atomic E-state index is 0.0236. The summed E-state index contributed by atoms with van der Waals surface area (Å²) < 4.78 is 32.7. The first kappa shape index (κ1) is 19.0. The predicted molar refractivity (Wildman–Crippen MR) is 99.5 cm³/mol. The highest BCUT2D eigenvalue weighted by molar-refractivity contribution is 6.09. The van der Waals surface area contributed by atoms with E-state index in [1.54, 1.807) is 12.1 Å². The first-order valence-corrected chi connectivity index (χ1v) is 8.15. The van der Waals surface area contributed by atoms with Crippen molar-refractivity contribution in [1.82, 2.24) is 4.98 Å². The molecule has 0 saturated heterocycles. The van der Waals surface area contributed by atoms with Crippen molar-refractivity contribution in [3.8, 4) is 5.75 Å². The summed E-state index contributed by atoms with van der Waals surface area (Å²) in [6, 6.07) is 12.0. The molecule has 8 heteroatoms. The lowest BCUT2D eigenvalue weighted by Gasteiger charge is -2.13. The molecule has 0 unspecified atom stereocenters. The summed E-state index contributed by atoms with van der Waals surface area (Å²) in [5.41, 5.74) is 0.00110. The zero-order chi connectivity index (χ0) is 20.1. The van der Waals surface area contributed by atoms with Gasteiger partial charge in [-0.25, -0.2) is 8.78 Å². The van der Waals surface area contributed by atoms with Crippen LogP contribution in [-0.4, -0.2) is 23.9 Å². The number of carbonyl (C=O) groups excluding carboxylic acids is 2. The van der Waals surface area contributed by atoms with Crippen molar-refractivity contribution in [1.29, 1.82) is 0 Å². The third-order valence-electron chi connectivity index (χ3n) is 3.80. The number of nitrogens with zero attached hydrogens (tertiary/aromatic N) is 1. The summed E-state index contributed by atoms with van der Waals surface area (Å²) in [6.07, 6.45) is 1.45. The Morgan fingerprint density at radius 1 is 0.929 bits per heavy atom. The number of amides is 2. The second-order valence-electron chi connectivity index (χ2n) is 5.66. The highest BCUT2D eigenvalue weighted by Crippen LogP contribution is 2.25. The Morgan fingerprint density at radius 2 is 1.71 bits per heavy atom. The first-order valence-electron chi connectivity index (χ1n) is 8.15. The number of ether oxygens (including phenoxy) is 1. The number of halogens is 2. The summed E-state index contributed by atoms with van der Waals surface area (Å²) in [4.78, 5) is 28.6. The standard InChI is InChI=1S/C20H15F2N3O3/c1-28-13-6-7-14(15(22)11-13)19(26)25-18-10-12(21)5-8-16(18)24-20(27)17-4-2-3-9-23-17/h2-11H,1H3,(H,24,27)(H,25,26). The third kappa shape index (κ3) is 4.29. The summed E-state index contributed by atoms with van der Waals surface area (Å²) >= 11 is 0. The number of methoxy groups -OCH3 is 1. The number of hydrogen-bond acceptors (Lipinski definition) is 4. The number of carbonyl (C=O) groups is 2. The molecule has 3 rings (SSSR count). The summed E-state index contributed by atoms with van der Waals surface area (Å²) in [7, 11) is 1.37. The quantitative estimate of drug-likeness (QED) is 0.701. The van der Waals surface area contributed by atoms with Gasteiger partial charge in [-0.1, -0.05) is 6.07 Å². The van der Waals surface area contributed by atoms with Gasteiger partial charge < -0.3 is 15.4 Å². The van der Waals surface area contributed by atoms with E-state index < -0.39 is 23.4 Å². The van der Waals surface area contributed by atoms with E-state index in [0.717, 1.165) is 18.2 Å². The van der Waals surface area contributed by atoms with Crippen molar-refractivity contribution in [2.24, 2.45) is 0 Å². The number of rotatable bonds is 5. The van der Waals surface area contributed by atoms with Crippen molar-refractivity contribution in [3.63, 3.8) is 0 Å². The van der Waals surface area contributed by atoms with E-state index in [0.29, 0.717) is 0 Å². The molecule has 0 saturated carbocycles. The molecule has 3 aromatic rings. The van der Waals surface area contributed by atoms with Gasteiger partial charge in [0.05, 0.1) is 24.0 Å². The van der Waals surface area contributed by atoms with Gasteiger partial charge >= 0.3 is 0 Å². The molecule has 1 aromatic heterocycles. The van der Waals surface area contributed by atoms with E-state index in [9.17, 15) is 18.4 Å². The van der Waals surface area contributed by atoms with Gasteiger partial charge in [-0.15, -0.1) is 0 Å². The average molecular weight is 383 g/mol. The largest absolute Gasteiger partial charge is 0.497 e. The molecule has 0 aliphatic carbocycles. The number of nitrogens with one attached hydrogen (secondary N) is 2. The van der Waals surface area contributed by atoms with Crippen molar-refractivity contribution in [2.45, 2.75) is 0 Å². The van der Waals surface area contributed by atoms with E-state index in [1.807, 2.05) is 0 Å². The second-order valence-corrected chi connectivity index (χ2v) is 5.66. The summed E-state index contributed by atoms with van der Waals surface area (Å²) in [5, 5.41) is 4.96. The molecule has 0 fully saturated rings. The van der Waals surface area contributed by atoms with Crippen LogP contribution < -0.4 is 15.4 Å². The van der Waals surface area contributed by atoms with Crippen molar-refractivity contribution in [2.75, 3.05) is 17.7 Å². The van der Waals surface area contributed by atoms with Crippen LogP contribution in [0.2, 0.25) is 0 Å². The minimum Gasteiger partial charge on any atom is -0.497 e. The van der Waals surface area contributed by atoms with Crippen LogP contribution in [0, 0.1) is 11.6 Å². The fourth-order valence-electron chi connectivity index (χ4n) is 2.41. The molecular formula is C20H15F2N3O3. The summed E-state index contributed by atoms with van der Waals surface area (Å²) in [5.74, 6) is -2.53. The molecule has 0 bridgehead atoms. The molecular weight excluding hydrogens is 368 g/mol. The normalized spacial score (nSPS) is 10.2. The molecule has 6 nitrogen and oxygen atoms in total. The smallest absolute Gasteiger partial charge is 0.274 e. The monoisotopic (exact) mass is 383 g/mol. The summed E-state index contributed by atoms with van der Waals surface area (Å²) in [6.45, 7) is 0. The highest BCUT2D eigenvalue weighted by atomic mass is 19.1. The fourth-order valence-corrected chi connectivity index (χ4v) is 2.41. The van der Waals surface area contributed by atoms with Gasteiger partial charge in [-0.3, -0.25) is 14.6 Å². The SMILES string of the molecule is COc1ccc(C(=O)Nc2cc(F)ccc2NC(=O)c2ccccn2)c(F)c1. The minimum atomic E-state index is -0.806. The molecule has 2 N–H and O–H groups in total. The van der Waals surface area contributed by atoms with Crippen molar-refractivity contribution >= 4 is 23.2 Å². The molecule has 0 aliphatic heterocycles. The fraction of sp³-hybridized carbons (Fsp3) is 0.0500. The lowest BCUT2D eigenvalue weighted by Crippen LogP contribution is -2.18. The number of pyridine rings is 1. The molecule has 1 heterocycles. The maximum Gasteiger partial charge on any atom is 0.274 e. The van der Waals surface area contributed by atoms with Crippen LogP contribution in [0.5, 0.6) is 5.75 Å². The van der Waals surface area contributed by atoms with E-state index in [2.05, 4.69) is 15.6 Å². The Hall–Kier alpha value is -3.81. The van der Waals surface area contributed by atoms with Gasteiger partial charge in [-0.2, -0.15) is 0 Å². The van der Waals surface area contributed by atoms with Crippen LogP contribution in [0.15, 0.2) is 60.8 Å². The van der Waals surface area contributed by atoms with Crippen LogP contribution in [-0.2, 0) is 0 Å². The molecule has 0 atom stereocenters. The first-order chi connectivity index (χ1) is 13.5. The van der Waals surface area contributed by atoms with Gasteiger partial charge in [0.1, 0.15) is 23.1 Å². The van der Waals surface area contributed by atoms with Crippen molar-refractivity contribution in [3.05, 3.63) is 83.7 Å². The Kier molecular flexibility index (Phi) is 5.59. The molecule has 0 radical (unpaired) electrons. The lowest BCUT2D eigenvalue weighted by atomic mass is 10.1. The van der Waals surface area contributed by atoms with Gasteiger partial charge in [0.2, 0.25) is 0 Å². The van der Waals surface area contributed by atoms with Crippen LogP contribution in [0.1, 0.15) is 20.8 Å².